The molecule has 0 heterocycles. The Morgan fingerprint density at radius 1 is 1.32 bits per heavy atom. The van der Waals surface area contributed by atoms with Gasteiger partial charge in [-0.2, -0.15) is 0 Å². The van der Waals surface area contributed by atoms with E-state index >= 15 is 0 Å². The number of allylic oxidation sites excluding steroid dienone is 1. The van der Waals surface area contributed by atoms with Gasteiger partial charge in [-0.1, -0.05) is 64.3 Å². The molecule has 106 valence electrons. The number of benzene rings is 1. The summed E-state index contributed by atoms with van der Waals surface area (Å²) < 4.78 is 7.90. The lowest BCUT2D eigenvalue weighted by Gasteiger charge is -2.14. The molecule has 19 heavy (non-hydrogen) atoms. The molecule has 1 aromatic carbocycles. The quantitative estimate of drug-likeness (QED) is 0.450. The highest BCUT2D eigenvalue weighted by Crippen LogP contribution is 2.35. The van der Waals surface area contributed by atoms with Crippen molar-refractivity contribution < 1.29 is 4.74 Å². The second-order valence-electron chi connectivity index (χ2n) is 4.66. The zero-order valence-electron chi connectivity index (χ0n) is 11.5. The Morgan fingerprint density at radius 3 is 2.53 bits per heavy atom. The molecule has 4 heteroatoms. The smallest absolute Gasteiger partial charge is 0.140 e. The predicted molar refractivity (Wildman–Crippen MR) is 94.2 cm³/mol. The van der Waals surface area contributed by atoms with Crippen LogP contribution in [0.2, 0.25) is 0 Å². The first-order valence-electron chi connectivity index (χ1n) is 6.37. The van der Waals surface area contributed by atoms with Gasteiger partial charge in [-0.25, -0.2) is 0 Å². The maximum Gasteiger partial charge on any atom is 0.140 e. The predicted octanol–water partition coefficient (Wildman–Crippen LogP) is 6.43. The maximum atomic E-state index is 5.87. The highest BCUT2D eigenvalue weighted by Gasteiger charge is 2.10. The number of halogens is 3. The van der Waals surface area contributed by atoms with Crippen LogP contribution in [0.1, 0.15) is 32.8 Å². The second kappa shape index (κ2) is 8.48. The summed E-state index contributed by atoms with van der Waals surface area (Å²) in [6.45, 7) is 7.24. The average Bonchev–Trinajstić information content (AvgIpc) is 2.34. The zero-order valence-corrected chi connectivity index (χ0v) is 16.2. The van der Waals surface area contributed by atoms with Crippen LogP contribution in [-0.4, -0.2) is 11.9 Å². The summed E-state index contributed by atoms with van der Waals surface area (Å²) in [6, 6.07) is 4.12. The minimum atomic E-state index is 0.510. The van der Waals surface area contributed by atoms with Gasteiger partial charge in [0.05, 0.1) is 11.1 Å². The summed E-state index contributed by atoms with van der Waals surface area (Å²) in [5, 5.41) is 0.877. The summed E-state index contributed by atoms with van der Waals surface area (Å²) in [5.74, 6) is 1.43. The summed E-state index contributed by atoms with van der Waals surface area (Å²) in [7, 11) is 0. The van der Waals surface area contributed by atoms with Crippen LogP contribution >= 0.6 is 47.8 Å². The van der Waals surface area contributed by atoms with Gasteiger partial charge in [0.1, 0.15) is 5.75 Å². The van der Waals surface area contributed by atoms with Gasteiger partial charge in [0, 0.05) is 15.4 Å². The van der Waals surface area contributed by atoms with Crippen LogP contribution < -0.4 is 4.74 Å². The van der Waals surface area contributed by atoms with E-state index in [1.165, 1.54) is 5.57 Å². The first-order valence-corrected chi connectivity index (χ1v) is 9.08. The van der Waals surface area contributed by atoms with E-state index in [-0.39, 0.29) is 0 Å². The lowest BCUT2D eigenvalue weighted by molar-refractivity contribution is 0.315. The third-order valence-corrected chi connectivity index (χ3v) is 4.42. The van der Waals surface area contributed by atoms with E-state index in [1.54, 1.807) is 0 Å². The molecule has 0 aliphatic heterocycles. The fraction of sp³-hybridized carbons (Fsp3) is 0.467. The molecule has 1 rings (SSSR count). The molecular formula is C15H19Br3O. The average molecular weight is 455 g/mol. The normalized spacial score (nSPS) is 12.1. The monoisotopic (exact) mass is 452 g/mol. The number of ether oxygens (including phenoxy) is 1. The van der Waals surface area contributed by atoms with E-state index in [0.29, 0.717) is 5.92 Å². The van der Waals surface area contributed by atoms with E-state index in [4.69, 9.17) is 4.74 Å². The van der Waals surface area contributed by atoms with Gasteiger partial charge in [-0.15, -0.1) is 0 Å². The number of hydrogen-bond acceptors (Lipinski definition) is 1. The van der Waals surface area contributed by atoms with E-state index in [0.717, 1.165) is 38.6 Å². The summed E-state index contributed by atoms with van der Waals surface area (Å²) in [4.78, 5) is 0. The van der Waals surface area contributed by atoms with Crippen LogP contribution in [0.5, 0.6) is 5.75 Å². The topological polar surface area (TPSA) is 9.23 Å². The van der Waals surface area contributed by atoms with Crippen LogP contribution in [0.15, 0.2) is 26.7 Å². The first kappa shape index (κ1) is 17.3. The molecule has 1 nitrogen and oxygen atoms in total. The van der Waals surface area contributed by atoms with Crippen molar-refractivity contribution >= 4 is 53.9 Å². The van der Waals surface area contributed by atoms with Gasteiger partial charge in [0.15, 0.2) is 0 Å². The Balaban J connectivity index is 3.23. The van der Waals surface area contributed by atoms with Gasteiger partial charge in [-0.05, 0) is 40.4 Å². The van der Waals surface area contributed by atoms with Crippen molar-refractivity contribution in [1.29, 1.82) is 0 Å². The van der Waals surface area contributed by atoms with Gasteiger partial charge < -0.3 is 4.74 Å². The maximum absolute atomic E-state index is 5.87. The Morgan fingerprint density at radius 2 is 2.00 bits per heavy atom. The number of hydrogen-bond donors (Lipinski definition) is 0. The standard InChI is InChI=1S/C15H19Br3O/c1-4-5-19-15-11(6-12(9-16)10(2)3)7-13(17)8-14(15)18/h6-8,10H,4-5,9H2,1-3H3/b12-6+. The molecule has 0 aliphatic rings. The zero-order chi connectivity index (χ0) is 14.4. The molecule has 0 spiro atoms. The summed E-state index contributed by atoms with van der Waals surface area (Å²) >= 11 is 10.7. The van der Waals surface area contributed by atoms with Gasteiger partial charge in [-0.3, -0.25) is 0 Å². The van der Waals surface area contributed by atoms with Crippen molar-refractivity contribution in [1.82, 2.24) is 0 Å². The first-order chi connectivity index (χ1) is 8.99. The fourth-order valence-corrected chi connectivity index (χ4v) is 3.79. The second-order valence-corrected chi connectivity index (χ2v) is 6.99. The SMILES string of the molecule is CCCOc1c(Br)cc(Br)cc1/C=C(\CBr)C(C)C. The van der Waals surface area contributed by atoms with Crippen molar-refractivity contribution in [3.63, 3.8) is 0 Å². The minimum absolute atomic E-state index is 0.510. The number of alkyl halides is 1. The molecule has 0 N–H and O–H groups in total. The highest BCUT2D eigenvalue weighted by molar-refractivity contribution is 9.11. The van der Waals surface area contributed by atoms with Crippen LogP contribution in [0.4, 0.5) is 0 Å². The molecule has 0 aromatic heterocycles. The molecule has 0 unspecified atom stereocenters. The largest absolute Gasteiger partial charge is 0.492 e. The molecule has 0 bridgehead atoms. The van der Waals surface area contributed by atoms with Crippen LogP contribution in [0.3, 0.4) is 0 Å². The van der Waals surface area contributed by atoms with Crippen LogP contribution in [0.25, 0.3) is 6.08 Å². The molecule has 0 atom stereocenters. The Hall–Kier alpha value is 0.200. The minimum Gasteiger partial charge on any atom is -0.492 e. The van der Waals surface area contributed by atoms with Crippen molar-refractivity contribution in [3.8, 4) is 5.75 Å². The third kappa shape index (κ3) is 5.24. The molecule has 0 amide bonds. The van der Waals surface area contributed by atoms with Gasteiger partial charge in [0.2, 0.25) is 0 Å². The van der Waals surface area contributed by atoms with Crippen LogP contribution in [0, 0.1) is 5.92 Å². The molecule has 0 radical (unpaired) electrons. The van der Waals surface area contributed by atoms with Crippen LogP contribution in [-0.2, 0) is 0 Å². The number of rotatable bonds is 6. The van der Waals surface area contributed by atoms with Gasteiger partial charge >= 0.3 is 0 Å². The molecule has 0 saturated heterocycles. The fourth-order valence-electron chi connectivity index (χ4n) is 1.60. The molecular weight excluding hydrogens is 436 g/mol. The molecule has 1 aromatic rings. The lowest BCUT2D eigenvalue weighted by Crippen LogP contribution is -2.00. The van der Waals surface area contributed by atoms with E-state index in [1.807, 2.05) is 6.07 Å². The molecule has 0 aliphatic carbocycles. The van der Waals surface area contributed by atoms with Crippen molar-refractivity contribution in [2.45, 2.75) is 27.2 Å². The van der Waals surface area contributed by atoms with E-state index in [9.17, 15) is 0 Å². The summed E-state index contributed by atoms with van der Waals surface area (Å²) in [6.07, 6.45) is 3.21. The summed E-state index contributed by atoms with van der Waals surface area (Å²) in [5.41, 5.74) is 2.46. The van der Waals surface area contributed by atoms with E-state index < -0.39 is 0 Å². The van der Waals surface area contributed by atoms with Gasteiger partial charge in [0.25, 0.3) is 0 Å². The Labute approximate surface area is 141 Å². The molecule has 0 fully saturated rings. The lowest BCUT2D eigenvalue weighted by atomic mass is 10.0. The van der Waals surface area contributed by atoms with Crippen molar-refractivity contribution in [2.75, 3.05) is 11.9 Å². The van der Waals surface area contributed by atoms with Crippen molar-refractivity contribution in [3.05, 3.63) is 32.2 Å². The molecule has 0 saturated carbocycles. The van der Waals surface area contributed by atoms with E-state index in [2.05, 4.69) is 80.7 Å². The third-order valence-electron chi connectivity index (χ3n) is 2.72. The Bertz CT molecular complexity index is 453. The highest BCUT2D eigenvalue weighted by atomic mass is 79.9. The Kier molecular flexibility index (Phi) is 7.70. The van der Waals surface area contributed by atoms with Crippen molar-refractivity contribution in [2.24, 2.45) is 5.92 Å².